The number of H-pyrrole nitrogens is 1. The Morgan fingerprint density at radius 1 is 1.17 bits per heavy atom. The Morgan fingerprint density at radius 3 is 2.53 bits per heavy atom. The molecule has 1 aliphatic rings. The molecule has 0 spiro atoms. The molecule has 0 bridgehead atoms. The summed E-state index contributed by atoms with van der Waals surface area (Å²) in [4.78, 5) is 40.7. The number of cyclic esters (lactones) is 1. The maximum atomic E-state index is 13.4. The van der Waals surface area contributed by atoms with Crippen molar-refractivity contribution in [1.29, 1.82) is 0 Å². The second kappa shape index (κ2) is 9.82. The molecule has 0 saturated carbocycles. The van der Waals surface area contributed by atoms with Crippen LogP contribution in [0.4, 0.5) is 23.7 Å². The van der Waals surface area contributed by atoms with Crippen molar-refractivity contribution >= 4 is 40.9 Å². The Bertz CT molecular complexity index is 1370. The first-order chi connectivity index (χ1) is 16.4. The van der Waals surface area contributed by atoms with Gasteiger partial charge in [0.25, 0.3) is 5.56 Å². The summed E-state index contributed by atoms with van der Waals surface area (Å²) in [5.74, 6) is -0.648. The number of nitrogens with two attached hydrogens (primary N) is 1. The number of nitrogens with zero attached hydrogens (tertiary/aromatic N) is 1. The summed E-state index contributed by atoms with van der Waals surface area (Å²) in [5.41, 5.74) is 2.88. The van der Waals surface area contributed by atoms with E-state index in [-0.39, 0.29) is 42.1 Å². The molecule has 12 heteroatoms. The van der Waals surface area contributed by atoms with Crippen LogP contribution in [0.1, 0.15) is 19.4 Å². The Balaban J connectivity index is 0.00000361. The van der Waals surface area contributed by atoms with Gasteiger partial charge in [0, 0.05) is 22.3 Å². The molecule has 1 saturated heterocycles. The van der Waals surface area contributed by atoms with Crippen molar-refractivity contribution in [2.45, 2.75) is 31.7 Å². The number of hydrogen-bond donors (Lipinski definition) is 2. The monoisotopic (exact) mass is 525 g/mol. The number of anilines is 1. The number of rotatable bonds is 5. The highest BCUT2D eigenvalue weighted by Gasteiger charge is 2.44. The predicted molar refractivity (Wildman–Crippen MR) is 129 cm³/mol. The maximum Gasteiger partial charge on any atom is 0.417 e. The normalized spacial score (nSPS) is 16.0. The van der Waals surface area contributed by atoms with Crippen molar-refractivity contribution in [3.8, 4) is 11.3 Å². The summed E-state index contributed by atoms with van der Waals surface area (Å²) < 4.78 is 51.0. The Kier molecular flexibility index (Phi) is 7.37. The Hall–Kier alpha value is -3.57. The van der Waals surface area contributed by atoms with E-state index in [4.69, 9.17) is 15.2 Å². The van der Waals surface area contributed by atoms with Gasteiger partial charge in [0.15, 0.2) is 6.10 Å². The smallest absolute Gasteiger partial charge is 0.417 e. The van der Waals surface area contributed by atoms with Gasteiger partial charge in [-0.2, -0.15) is 13.2 Å². The van der Waals surface area contributed by atoms with Crippen molar-refractivity contribution in [3.05, 3.63) is 64.4 Å². The third kappa shape index (κ3) is 5.17. The van der Waals surface area contributed by atoms with E-state index in [1.807, 2.05) is 0 Å². The van der Waals surface area contributed by atoms with Crippen molar-refractivity contribution in [2.24, 2.45) is 5.73 Å². The van der Waals surface area contributed by atoms with Crippen LogP contribution in [0.15, 0.2) is 53.3 Å². The fraction of sp³-hybridized carbons (Fsp3) is 0.292. The number of alkyl halides is 3. The molecule has 8 nitrogen and oxygen atoms in total. The van der Waals surface area contributed by atoms with Crippen LogP contribution in [-0.2, 0) is 20.4 Å². The lowest BCUT2D eigenvalue weighted by atomic mass is 10.0. The van der Waals surface area contributed by atoms with Gasteiger partial charge in [0.05, 0.1) is 18.7 Å². The number of esters is 1. The largest absolute Gasteiger partial charge is 0.455 e. The number of ether oxygens (including phenoxy) is 2. The van der Waals surface area contributed by atoms with E-state index in [0.29, 0.717) is 11.1 Å². The molecule has 2 aromatic carbocycles. The molecule has 4 rings (SSSR count). The van der Waals surface area contributed by atoms with E-state index in [9.17, 15) is 27.6 Å². The maximum absolute atomic E-state index is 13.4. The quantitative estimate of drug-likeness (QED) is 0.481. The number of nitrogens with one attached hydrogen (secondary N) is 1. The van der Waals surface area contributed by atoms with Gasteiger partial charge in [-0.15, -0.1) is 12.4 Å². The van der Waals surface area contributed by atoms with Gasteiger partial charge >= 0.3 is 18.2 Å². The van der Waals surface area contributed by atoms with Crippen molar-refractivity contribution in [3.63, 3.8) is 0 Å². The van der Waals surface area contributed by atoms with E-state index in [2.05, 4.69) is 4.98 Å². The SMILES string of the molecule is CC(C)(OC(=O)CN)C1CN(c2ccc3cc(-c4ccccc4C(F)(F)F)[nH]c(=O)c3c2)C(=O)O1.Cl. The fourth-order valence-electron chi connectivity index (χ4n) is 3.96. The topological polar surface area (TPSA) is 115 Å². The van der Waals surface area contributed by atoms with Crippen LogP contribution in [0.5, 0.6) is 0 Å². The number of fused-ring (bicyclic) bond motifs is 1. The number of amides is 1. The zero-order chi connectivity index (χ0) is 25.5. The number of hydrogen-bond acceptors (Lipinski definition) is 6. The number of aromatic nitrogens is 1. The molecule has 2 heterocycles. The molecular weight excluding hydrogens is 503 g/mol. The lowest BCUT2D eigenvalue weighted by Crippen LogP contribution is -2.44. The molecule has 1 aromatic heterocycles. The number of halogens is 4. The second-order valence-electron chi connectivity index (χ2n) is 8.59. The molecule has 1 fully saturated rings. The van der Waals surface area contributed by atoms with Gasteiger partial charge in [0.1, 0.15) is 5.60 Å². The molecule has 1 unspecified atom stereocenters. The summed E-state index contributed by atoms with van der Waals surface area (Å²) in [6, 6.07) is 11.0. The van der Waals surface area contributed by atoms with E-state index in [1.54, 1.807) is 26.0 Å². The highest BCUT2D eigenvalue weighted by molar-refractivity contribution is 5.95. The second-order valence-corrected chi connectivity index (χ2v) is 8.59. The van der Waals surface area contributed by atoms with Gasteiger partial charge in [-0.1, -0.05) is 24.3 Å². The summed E-state index contributed by atoms with van der Waals surface area (Å²) in [6.45, 7) is 2.90. The Morgan fingerprint density at radius 2 is 1.86 bits per heavy atom. The van der Waals surface area contributed by atoms with Crippen LogP contribution in [0.3, 0.4) is 0 Å². The standard InChI is InChI=1S/C24H22F3N3O5.ClH/c1-23(2,35-20(31)11-28)19-12-30(22(33)34-19)14-8-7-13-9-18(29-21(32)16(13)10-14)15-5-3-4-6-17(15)24(25,26)27;/h3-10,19H,11-12,28H2,1-2H3,(H,29,32);1H. The number of benzene rings is 2. The molecular formula is C24H23ClF3N3O5. The third-order valence-electron chi connectivity index (χ3n) is 5.79. The lowest BCUT2D eigenvalue weighted by molar-refractivity contribution is -0.163. The number of carbonyl (C=O) groups excluding carboxylic acids is 2. The molecule has 1 aliphatic heterocycles. The first-order valence-corrected chi connectivity index (χ1v) is 10.6. The van der Waals surface area contributed by atoms with Gasteiger partial charge in [0.2, 0.25) is 0 Å². The van der Waals surface area contributed by atoms with Crippen molar-refractivity contribution in [2.75, 3.05) is 18.0 Å². The average Bonchev–Trinajstić information content (AvgIpc) is 3.20. The zero-order valence-corrected chi connectivity index (χ0v) is 20.0. The minimum atomic E-state index is -4.59. The summed E-state index contributed by atoms with van der Waals surface area (Å²) in [5, 5.41) is 0.576. The highest BCUT2D eigenvalue weighted by Crippen LogP contribution is 2.37. The van der Waals surface area contributed by atoms with Crippen LogP contribution >= 0.6 is 12.4 Å². The minimum Gasteiger partial charge on any atom is -0.455 e. The summed E-state index contributed by atoms with van der Waals surface area (Å²) >= 11 is 0. The molecule has 0 aliphatic carbocycles. The fourth-order valence-corrected chi connectivity index (χ4v) is 3.96. The molecule has 3 aromatic rings. The van der Waals surface area contributed by atoms with Crippen molar-refractivity contribution in [1.82, 2.24) is 4.98 Å². The van der Waals surface area contributed by atoms with Gasteiger partial charge in [-0.05, 0) is 43.5 Å². The summed E-state index contributed by atoms with van der Waals surface area (Å²) in [7, 11) is 0. The van der Waals surface area contributed by atoms with E-state index in [1.165, 1.54) is 35.2 Å². The highest BCUT2D eigenvalue weighted by atomic mass is 35.5. The van der Waals surface area contributed by atoms with Crippen LogP contribution in [0.25, 0.3) is 22.0 Å². The molecule has 3 N–H and O–H groups in total. The van der Waals surface area contributed by atoms with Crippen LogP contribution in [0.2, 0.25) is 0 Å². The minimum absolute atomic E-state index is 0. The molecule has 1 atom stereocenters. The van der Waals surface area contributed by atoms with Crippen LogP contribution in [-0.4, -0.2) is 41.8 Å². The van der Waals surface area contributed by atoms with Gasteiger partial charge in [-0.3, -0.25) is 14.5 Å². The molecule has 192 valence electrons. The van der Waals surface area contributed by atoms with Crippen LogP contribution in [0, 0.1) is 0 Å². The number of aromatic amines is 1. The van der Waals surface area contributed by atoms with E-state index < -0.39 is 41.1 Å². The zero-order valence-electron chi connectivity index (χ0n) is 19.2. The predicted octanol–water partition coefficient (Wildman–Crippen LogP) is 4.24. The third-order valence-corrected chi connectivity index (χ3v) is 5.79. The first-order valence-electron chi connectivity index (χ1n) is 10.6. The lowest BCUT2D eigenvalue weighted by Gasteiger charge is -2.29. The molecule has 36 heavy (non-hydrogen) atoms. The number of carbonyl (C=O) groups is 2. The average molecular weight is 526 g/mol. The van der Waals surface area contributed by atoms with Crippen molar-refractivity contribution < 1.29 is 32.2 Å². The van der Waals surface area contributed by atoms with Gasteiger partial charge in [-0.25, -0.2) is 4.79 Å². The van der Waals surface area contributed by atoms with Crippen LogP contribution < -0.4 is 16.2 Å². The Labute approximate surface area is 209 Å². The number of pyridine rings is 1. The van der Waals surface area contributed by atoms with E-state index >= 15 is 0 Å². The summed E-state index contributed by atoms with van der Waals surface area (Å²) in [6.07, 6.45) is -6.08. The van der Waals surface area contributed by atoms with E-state index in [0.717, 1.165) is 6.07 Å². The molecule has 1 amide bonds. The molecule has 0 radical (unpaired) electrons. The first kappa shape index (κ1) is 27.0. The van der Waals surface area contributed by atoms with Gasteiger partial charge < -0.3 is 20.2 Å².